The highest BCUT2D eigenvalue weighted by Crippen LogP contribution is 2.46. The Labute approximate surface area is 207 Å². The van der Waals surface area contributed by atoms with Crippen molar-refractivity contribution in [1.82, 2.24) is 4.98 Å². The Kier molecular flexibility index (Phi) is 6.71. The predicted octanol–water partition coefficient (Wildman–Crippen LogP) is 9.42. The lowest BCUT2D eigenvalue weighted by Gasteiger charge is -2.20. The summed E-state index contributed by atoms with van der Waals surface area (Å²) < 4.78 is 155. The minimum absolute atomic E-state index is 0.474. The van der Waals surface area contributed by atoms with E-state index in [-0.39, 0.29) is 0 Å². The van der Waals surface area contributed by atoms with Crippen LogP contribution in [-0.4, -0.2) is 4.98 Å². The number of aromatic nitrogens is 1. The first kappa shape index (κ1) is 27.1. The summed E-state index contributed by atoms with van der Waals surface area (Å²) in [5.41, 5.74) is -11.7. The number of benzene rings is 3. The van der Waals surface area contributed by atoms with Crippen molar-refractivity contribution in [3.8, 4) is 33.6 Å². The van der Waals surface area contributed by atoms with Crippen LogP contribution in [-0.2, 0) is 18.5 Å². The zero-order valence-electron chi connectivity index (χ0n) is 18.5. The van der Waals surface area contributed by atoms with Crippen molar-refractivity contribution in [2.24, 2.45) is 0 Å². The molecule has 0 aliphatic carbocycles. The van der Waals surface area contributed by atoms with Gasteiger partial charge in [0.2, 0.25) is 0 Å². The molecule has 38 heavy (non-hydrogen) atoms. The fourth-order valence-electron chi connectivity index (χ4n) is 3.96. The highest BCUT2D eigenvalue weighted by atomic mass is 19.4. The normalized spacial score (nSPS) is 12.6. The molecule has 0 radical (unpaired) electrons. The molecule has 1 aromatic heterocycles. The molecule has 3 aromatic carbocycles. The Bertz CT molecular complexity index is 1420. The molecule has 0 unspecified atom stereocenters. The average Bonchev–Trinajstić information content (AvgIpc) is 2.83. The van der Waals surface area contributed by atoms with Crippen LogP contribution in [0, 0.1) is 11.6 Å². The molecule has 198 valence electrons. The molecule has 0 saturated heterocycles. The van der Waals surface area contributed by atoms with Gasteiger partial charge < -0.3 is 0 Å². The van der Waals surface area contributed by atoms with E-state index in [1.807, 2.05) is 0 Å². The van der Waals surface area contributed by atoms with E-state index in [1.165, 1.54) is 0 Å². The van der Waals surface area contributed by atoms with E-state index in [9.17, 15) is 39.5 Å². The van der Waals surface area contributed by atoms with Gasteiger partial charge in [-0.05, 0) is 23.8 Å². The number of nitrogens with zero attached hydrogens (tertiary/aromatic N) is 1. The number of alkyl halides is 9. The minimum atomic E-state index is -5.17. The Morgan fingerprint density at radius 3 is 1.05 bits per heavy atom. The molecule has 0 aliphatic rings. The van der Waals surface area contributed by atoms with Gasteiger partial charge >= 0.3 is 18.5 Å². The molecule has 0 aliphatic heterocycles. The van der Waals surface area contributed by atoms with Crippen molar-refractivity contribution in [2.45, 2.75) is 18.5 Å². The van der Waals surface area contributed by atoms with Gasteiger partial charge in [-0.3, -0.25) is 0 Å². The van der Waals surface area contributed by atoms with E-state index in [4.69, 9.17) is 0 Å². The highest BCUT2D eigenvalue weighted by Gasteiger charge is 2.40. The second kappa shape index (κ2) is 9.41. The second-order valence-electron chi connectivity index (χ2n) is 7.94. The molecule has 4 aromatic rings. The Morgan fingerprint density at radius 1 is 0.421 bits per heavy atom. The highest BCUT2D eigenvalue weighted by molar-refractivity contribution is 5.81. The molecule has 1 heterocycles. The summed E-state index contributed by atoms with van der Waals surface area (Å²) in [5.74, 6) is -3.83. The van der Waals surface area contributed by atoms with Crippen molar-refractivity contribution in [3.63, 3.8) is 0 Å². The summed E-state index contributed by atoms with van der Waals surface area (Å²) in [4.78, 5) is 3.51. The van der Waals surface area contributed by atoms with Gasteiger partial charge in [-0.2, -0.15) is 39.5 Å². The molecular weight excluding hydrogens is 535 g/mol. The number of halogens is 11. The summed E-state index contributed by atoms with van der Waals surface area (Å²) >= 11 is 0. The van der Waals surface area contributed by atoms with Crippen LogP contribution in [0.2, 0.25) is 0 Å². The predicted molar refractivity (Wildman–Crippen MR) is 115 cm³/mol. The smallest absolute Gasteiger partial charge is 0.242 e. The SMILES string of the molecule is Fc1c(-c2ccccc2C(F)(F)F)nc(-c2ccccc2C(F)(F)F)c(F)c1-c1ccccc1C(F)(F)F. The van der Waals surface area contributed by atoms with E-state index in [0.717, 1.165) is 48.5 Å². The van der Waals surface area contributed by atoms with Gasteiger partial charge in [0.25, 0.3) is 0 Å². The van der Waals surface area contributed by atoms with E-state index >= 15 is 8.78 Å². The van der Waals surface area contributed by atoms with Gasteiger partial charge in [-0.1, -0.05) is 54.6 Å². The third kappa shape index (κ3) is 4.94. The summed E-state index contributed by atoms with van der Waals surface area (Å²) in [6.07, 6.45) is -15.4. The first-order chi connectivity index (χ1) is 17.6. The largest absolute Gasteiger partial charge is 0.417 e. The molecule has 0 bridgehead atoms. The maximum absolute atomic E-state index is 15.8. The molecule has 0 saturated carbocycles. The van der Waals surface area contributed by atoms with Gasteiger partial charge in [-0.25, -0.2) is 13.8 Å². The van der Waals surface area contributed by atoms with Crippen molar-refractivity contribution >= 4 is 0 Å². The van der Waals surface area contributed by atoms with Crippen molar-refractivity contribution in [3.05, 3.63) is 101 Å². The van der Waals surface area contributed by atoms with Crippen LogP contribution in [0.25, 0.3) is 33.6 Å². The summed E-state index contributed by atoms with van der Waals surface area (Å²) in [6.45, 7) is 0. The monoisotopic (exact) mass is 547 g/mol. The molecule has 0 atom stereocenters. The van der Waals surface area contributed by atoms with E-state index in [2.05, 4.69) is 4.98 Å². The van der Waals surface area contributed by atoms with Crippen molar-refractivity contribution in [1.29, 1.82) is 0 Å². The van der Waals surface area contributed by atoms with Crippen molar-refractivity contribution < 1.29 is 48.3 Å². The van der Waals surface area contributed by atoms with E-state index in [0.29, 0.717) is 24.3 Å². The quantitative estimate of drug-likeness (QED) is 0.233. The van der Waals surface area contributed by atoms with E-state index in [1.54, 1.807) is 0 Å². The van der Waals surface area contributed by atoms with Crippen LogP contribution in [0.4, 0.5) is 48.3 Å². The summed E-state index contributed by atoms with van der Waals surface area (Å²) in [5, 5.41) is 0. The fraction of sp³-hybridized carbons (Fsp3) is 0.115. The van der Waals surface area contributed by atoms with Crippen molar-refractivity contribution in [2.75, 3.05) is 0 Å². The third-order valence-electron chi connectivity index (χ3n) is 5.56. The number of rotatable bonds is 3. The van der Waals surface area contributed by atoms with Crippen LogP contribution in [0.5, 0.6) is 0 Å². The van der Waals surface area contributed by atoms with Gasteiger partial charge in [0.05, 0.1) is 22.3 Å². The first-order valence-corrected chi connectivity index (χ1v) is 10.5. The molecule has 0 fully saturated rings. The summed E-state index contributed by atoms with van der Waals surface area (Å²) in [7, 11) is 0. The maximum atomic E-state index is 15.8. The molecule has 0 spiro atoms. The van der Waals surface area contributed by atoms with E-state index < -0.39 is 80.5 Å². The van der Waals surface area contributed by atoms with Crippen LogP contribution < -0.4 is 0 Å². The van der Waals surface area contributed by atoms with Gasteiger partial charge in [0, 0.05) is 11.1 Å². The van der Waals surface area contributed by atoms with Crippen LogP contribution in [0.3, 0.4) is 0 Å². The van der Waals surface area contributed by atoms with Gasteiger partial charge in [-0.15, -0.1) is 0 Å². The average molecular weight is 547 g/mol. The molecular formula is C26H12F11N. The maximum Gasteiger partial charge on any atom is 0.417 e. The standard InChI is InChI=1S/C26H12F11N/c27-20-19(13-7-1-4-10-16(13)24(29,30)31)21(28)23(15-9-3-6-12-18(15)26(35,36)37)38-22(20)14-8-2-5-11-17(14)25(32,33)34/h1-12H. The molecule has 0 amide bonds. The molecule has 1 nitrogen and oxygen atoms in total. The van der Waals surface area contributed by atoms with Crippen LogP contribution in [0.1, 0.15) is 16.7 Å². The Hall–Kier alpha value is -3.96. The van der Waals surface area contributed by atoms with Crippen LogP contribution in [0.15, 0.2) is 72.8 Å². The van der Waals surface area contributed by atoms with Gasteiger partial charge in [0.15, 0.2) is 11.6 Å². The third-order valence-corrected chi connectivity index (χ3v) is 5.56. The number of hydrogen-bond donors (Lipinski definition) is 0. The topological polar surface area (TPSA) is 12.9 Å². The molecule has 12 heteroatoms. The minimum Gasteiger partial charge on any atom is -0.242 e. The molecule has 4 rings (SSSR count). The number of pyridine rings is 1. The Balaban J connectivity index is 2.20. The number of hydrogen-bond acceptors (Lipinski definition) is 1. The first-order valence-electron chi connectivity index (χ1n) is 10.5. The second-order valence-corrected chi connectivity index (χ2v) is 7.94. The lowest BCUT2D eigenvalue weighted by atomic mass is 9.92. The lowest BCUT2D eigenvalue weighted by Crippen LogP contribution is -2.13. The van der Waals surface area contributed by atoms with Crippen LogP contribution >= 0.6 is 0 Å². The fourth-order valence-corrected chi connectivity index (χ4v) is 3.96. The lowest BCUT2D eigenvalue weighted by molar-refractivity contribution is -0.137. The molecule has 0 N–H and O–H groups in total. The zero-order valence-corrected chi connectivity index (χ0v) is 18.5. The summed E-state index contributed by atoms with van der Waals surface area (Å²) in [6, 6.07) is 9.45. The zero-order chi connectivity index (χ0) is 28.0. The Morgan fingerprint density at radius 2 is 0.711 bits per heavy atom. The van der Waals surface area contributed by atoms with Gasteiger partial charge in [0.1, 0.15) is 11.4 Å².